The van der Waals surface area contributed by atoms with Gasteiger partial charge in [0.15, 0.2) is 0 Å². The molecular weight excluding hydrogens is 458 g/mol. The van der Waals surface area contributed by atoms with Crippen molar-refractivity contribution in [2.24, 2.45) is 0 Å². The molecular formula is C24H35N3O6S. The van der Waals surface area contributed by atoms with Gasteiger partial charge in [-0.3, -0.25) is 0 Å². The number of methoxy groups -OCH3 is 2. The van der Waals surface area contributed by atoms with Crippen molar-refractivity contribution in [2.75, 3.05) is 56.4 Å². The molecule has 2 rings (SSSR count). The minimum atomic E-state index is -3.76. The number of hydrogen-bond acceptors (Lipinski definition) is 7. The third-order valence-corrected chi connectivity index (χ3v) is 6.45. The van der Waals surface area contributed by atoms with E-state index in [1.165, 1.54) is 18.9 Å². The highest BCUT2D eigenvalue weighted by Crippen LogP contribution is 2.29. The van der Waals surface area contributed by atoms with Crippen molar-refractivity contribution in [3.8, 4) is 11.5 Å². The first-order chi connectivity index (χ1) is 16.3. The van der Waals surface area contributed by atoms with Gasteiger partial charge in [-0.05, 0) is 39.0 Å². The topological polar surface area (TPSA) is 97.4 Å². The number of hydrogen-bond donors (Lipinski definition) is 1. The Bertz CT molecular complexity index is 1040. The number of carbonyl (C=O) groups is 1. The summed E-state index contributed by atoms with van der Waals surface area (Å²) in [5.41, 5.74) is 1.94. The summed E-state index contributed by atoms with van der Waals surface area (Å²) in [4.78, 5) is 16.8. The molecule has 0 aliphatic rings. The van der Waals surface area contributed by atoms with E-state index in [4.69, 9.17) is 13.7 Å². The Labute approximate surface area is 202 Å². The largest absolute Gasteiger partial charge is 0.495 e. The molecule has 9 nitrogen and oxygen atoms in total. The van der Waals surface area contributed by atoms with Crippen molar-refractivity contribution >= 4 is 27.5 Å². The van der Waals surface area contributed by atoms with Crippen LogP contribution in [0.25, 0.3) is 0 Å². The SMILES string of the molecule is CCN(CC)c1ccc(CN(CCOC)C(=O)Nc2ccccc2OC)c(OS(=O)(=O)CC)c1. The molecule has 2 amide bonds. The maximum Gasteiger partial charge on any atom is 0.322 e. The molecule has 2 aromatic rings. The maximum atomic E-state index is 13.1. The van der Waals surface area contributed by atoms with Gasteiger partial charge in [0.05, 0.1) is 31.7 Å². The summed E-state index contributed by atoms with van der Waals surface area (Å²) in [6, 6.07) is 12.1. The molecule has 1 N–H and O–H groups in total. The number of rotatable bonds is 13. The Kier molecular flexibility index (Phi) is 10.5. The van der Waals surface area contributed by atoms with Crippen LogP contribution in [0.3, 0.4) is 0 Å². The molecule has 0 bridgehead atoms. The lowest BCUT2D eigenvalue weighted by Gasteiger charge is -2.26. The summed E-state index contributed by atoms with van der Waals surface area (Å²) in [5.74, 6) is 0.576. The number of anilines is 2. The smallest absolute Gasteiger partial charge is 0.322 e. The summed E-state index contributed by atoms with van der Waals surface area (Å²) in [6.45, 7) is 7.81. The van der Waals surface area contributed by atoms with E-state index in [1.807, 2.05) is 26.0 Å². The number of nitrogens with zero attached hydrogens (tertiary/aromatic N) is 2. The van der Waals surface area contributed by atoms with Crippen LogP contribution in [0.4, 0.5) is 16.2 Å². The Balaban J connectivity index is 2.39. The summed E-state index contributed by atoms with van der Waals surface area (Å²) in [5, 5.41) is 2.86. The zero-order chi connectivity index (χ0) is 25.1. The second-order valence-electron chi connectivity index (χ2n) is 7.44. The normalized spacial score (nSPS) is 11.1. The summed E-state index contributed by atoms with van der Waals surface area (Å²) in [6.07, 6.45) is 0. The van der Waals surface area contributed by atoms with Crippen LogP contribution in [0.15, 0.2) is 42.5 Å². The van der Waals surface area contributed by atoms with E-state index >= 15 is 0 Å². The molecule has 0 unspecified atom stereocenters. The first-order valence-corrected chi connectivity index (χ1v) is 12.8. The lowest BCUT2D eigenvalue weighted by Crippen LogP contribution is -2.37. The molecule has 188 valence electrons. The fraction of sp³-hybridized carbons (Fsp3) is 0.458. The van der Waals surface area contributed by atoms with E-state index in [1.54, 1.807) is 37.4 Å². The van der Waals surface area contributed by atoms with Crippen LogP contribution in [0, 0.1) is 0 Å². The fourth-order valence-electron chi connectivity index (χ4n) is 3.33. The van der Waals surface area contributed by atoms with E-state index in [-0.39, 0.29) is 30.6 Å². The molecule has 0 saturated carbocycles. The highest BCUT2D eigenvalue weighted by atomic mass is 32.2. The van der Waals surface area contributed by atoms with Crippen molar-refractivity contribution in [3.05, 3.63) is 48.0 Å². The fourth-order valence-corrected chi connectivity index (χ4v) is 3.88. The number of amides is 2. The monoisotopic (exact) mass is 493 g/mol. The third-order valence-electron chi connectivity index (χ3n) is 5.31. The summed E-state index contributed by atoms with van der Waals surface area (Å²) < 4.78 is 40.5. The van der Waals surface area contributed by atoms with Crippen LogP contribution < -0.4 is 19.1 Å². The van der Waals surface area contributed by atoms with Crippen molar-refractivity contribution in [3.63, 3.8) is 0 Å². The number of benzene rings is 2. The lowest BCUT2D eigenvalue weighted by atomic mass is 10.1. The van der Waals surface area contributed by atoms with Crippen LogP contribution >= 0.6 is 0 Å². The second-order valence-corrected chi connectivity index (χ2v) is 9.30. The summed E-state index contributed by atoms with van der Waals surface area (Å²) >= 11 is 0. The molecule has 0 spiro atoms. The Hall–Kier alpha value is -2.98. The first-order valence-electron chi connectivity index (χ1n) is 11.3. The Morgan fingerprint density at radius 3 is 2.32 bits per heavy atom. The average molecular weight is 494 g/mol. The molecule has 0 aliphatic carbocycles. The van der Waals surface area contributed by atoms with Crippen molar-refractivity contribution in [1.82, 2.24) is 4.90 Å². The molecule has 0 aliphatic heterocycles. The van der Waals surface area contributed by atoms with E-state index in [2.05, 4.69) is 10.2 Å². The zero-order valence-electron chi connectivity index (χ0n) is 20.5. The minimum Gasteiger partial charge on any atom is -0.495 e. The van der Waals surface area contributed by atoms with Gasteiger partial charge in [0.1, 0.15) is 11.5 Å². The lowest BCUT2D eigenvalue weighted by molar-refractivity contribution is 0.152. The van der Waals surface area contributed by atoms with Gasteiger partial charge in [-0.1, -0.05) is 18.2 Å². The van der Waals surface area contributed by atoms with E-state index in [0.717, 1.165) is 18.8 Å². The predicted molar refractivity (Wildman–Crippen MR) is 134 cm³/mol. The van der Waals surface area contributed by atoms with E-state index < -0.39 is 10.1 Å². The standard InChI is InChI=1S/C24H35N3O6S/c1-6-26(7-2)20-14-13-19(23(17-20)33-34(29,30)8-3)18-27(15-16-31-4)24(28)25-21-11-9-10-12-22(21)32-5/h9-14,17H,6-8,15-16,18H2,1-5H3,(H,25,28). The zero-order valence-corrected chi connectivity index (χ0v) is 21.4. The van der Waals surface area contributed by atoms with Gasteiger partial charge in [0, 0.05) is 44.1 Å². The number of urea groups is 1. The molecule has 10 heteroatoms. The highest BCUT2D eigenvalue weighted by molar-refractivity contribution is 7.87. The number of nitrogens with one attached hydrogen (secondary N) is 1. The molecule has 2 aromatic carbocycles. The highest BCUT2D eigenvalue weighted by Gasteiger charge is 2.21. The molecule has 0 aromatic heterocycles. The number of para-hydroxylation sites is 2. The summed E-state index contributed by atoms with van der Waals surface area (Å²) in [7, 11) is -0.677. The molecule has 0 atom stereocenters. The number of carbonyl (C=O) groups excluding carboxylic acids is 1. The quantitative estimate of drug-likeness (QED) is 0.422. The molecule has 0 radical (unpaired) electrons. The first kappa shape index (κ1) is 27.3. The second kappa shape index (κ2) is 13.0. The van der Waals surface area contributed by atoms with Crippen molar-refractivity contribution in [2.45, 2.75) is 27.3 Å². The Morgan fingerprint density at radius 2 is 1.71 bits per heavy atom. The molecule has 34 heavy (non-hydrogen) atoms. The average Bonchev–Trinajstić information content (AvgIpc) is 2.83. The van der Waals surface area contributed by atoms with Crippen LogP contribution in [0.2, 0.25) is 0 Å². The van der Waals surface area contributed by atoms with Gasteiger partial charge in [-0.15, -0.1) is 0 Å². The van der Waals surface area contributed by atoms with Crippen LogP contribution in [-0.4, -0.2) is 65.6 Å². The Morgan fingerprint density at radius 1 is 1.00 bits per heavy atom. The number of ether oxygens (including phenoxy) is 2. The maximum absolute atomic E-state index is 13.1. The molecule has 0 fully saturated rings. The van der Waals surface area contributed by atoms with Crippen LogP contribution in [0.1, 0.15) is 26.3 Å². The van der Waals surface area contributed by atoms with Gasteiger partial charge in [0.2, 0.25) is 0 Å². The van der Waals surface area contributed by atoms with Crippen molar-refractivity contribution in [1.29, 1.82) is 0 Å². The van der Waals surface area contributed by atoms with Gasteiger partial charge in [-0.2, -0.15) is 8.42 Å². The van der Waals surface area contributed by atoms with Crippen LogP contribution in [0.5, 0.6) is 11.5 Å². The van der Waals surface area contributed by atoms with Crippen LogP contribution in [-0.2, 0) is 21.4 Å². The third kappa shape index (κ3) is 7.53. The van der Waals surface area contributed by atoms with Crippen molar-refractivity contribution < 1.29 is 26.9 Å². The van der Waals surface area contributed by atoms with Gasteiger partial charge < -0.3 is 28.8 Å². The molecule has 0 heterocycles. The van der Waals surface area contributed by atoms with Gasteiger partial charge >= 0.3 is 16.1 Å². The van der Waals surface area contributed by atoms with E-state index in [0.29, 0.717) is 23.6 Å². The van der Waals surface area contributed by atoms with Gasteiger partial charge in [0.25, 0.3) is 0 Å². The molecule has 0 saturated heterocycles. The minimum absolute atomic E-state index is 0.122. The van der Waals surface area contributed by atoms with Gasteiger partial charge in [-0.25, -0.2) is 4.79 Å². The predicted octanol–water partition coefficient (Wildman–Crippen LogP) is 3.95. The van der Waals surface area contributed by atoms with E-state index in [9.17, 15) is 13.2 Å².